The Kier molecular flexibility index (Phi) is 6.36. The normalized spacial score (nSPS) is 30.4. The fourth-order valence-electron chi connectivity index (χ4n) is 4.41. The number of amides is 2. The molecule has 1 unspecified atom stereocenters. The first-order valence-electron chi connectivity index (χ1n) is 9.66. The highest BCUT2D eigenvalue weighted by atomic mass is 16.5. The largest absolute Gasteiger partial charge is 0.383 e. The molecular formula is C18H34N4O2. The second-order valence-corrected chi connectivity index (χ2v) is 7.73. The molecule has 0 radical (unpaired) electrons. The molecule has 2 heterocycles. The number of carbonyl (C=O) groups is 1. The van der Waals surface area contributed by atoms with Crippen molar-refractivity contribution in [2.45, 2.75) is 69.1 Å². The summed E-state index contributed by atoms with van der Waals surface area (Å²) in [4.78, 5) is 17.2. The molecule has 3 atom stereocenters. The molecule has 138 valence electrons. The molecule has 1 saturated carbocycles. The van der Waals surface area contributed by atoms with Crippen molar-refractivity contribution in [2.24, 2.45) is 0 Å². The fraction of sp³-hybridized carbons (Fsp3) is 0.944. The van der Waals surface area contributed by atoms with Crippen LogP contribution in [-0.2, 0) is 4.74 Å². The van der Waals surface area contributed by atoms with E-state index in [-0.39, 0.29) is 6.03 Å². The van der Waals surface area contributed by atoms with Crippen molar-refractivity contribution < 1.29 is 9.53 Å². The minimum Gasteiger partial charge on any atom is -0.383 e. The number of fused-ring (bicyclic) bond motifs is 2. The molecule has 3 fully saturated rings. The molecule has 2 saturated heterocycles. The fourth-order valence-corrected chi connectivity index (χ4v) is 4.41. The maximum absolute atomic E-state index is 12.2. The first-order valence-corrected chi connectivity index (χ1v) is 9.66. The van der Waals surface area contributed by atoms with E-state index in [0.29, 0.717) is 30.7 Å². The van der Waals surface area contributed by atoms with E-state index in [1.54, 1.807) is 7.11 Å². The molecule has 2 bridgehead atoms. The summed E-state index contributed by atoms with van der Waals surface area (Å²) >= 11 is 0. The van der Waals surface area contributed by atoms with E-state index in [1.807, 2.05) is 0 Å². The summed E-state index contributed by atoms with van der Waals surface area (Å²) in [6.07, 6.45) is 8.68. The smallest absolute Gasteiger partial charge is 0.315 e. The molecule has 0 aromatic carbocycles. The summed E-state index contributed by atoms with van der Waals surface area (Å²) in [6, 6.07) is 2.36. The van der Waals surface area contributed by atoms with Crippen LogP contribution in [0, 0.1) is 0 Å². The topological polar surface area (TPSA) is 56.8 Å². The Balaban J connectivity index is 1.35. The van der Waals surface area contributed by atoms with E-state index in [9.17, 15) is 4.79 Å². The number of carbonyl (C=O) groups excluding carboxylic acids is 1. The number of piperidine rings is 2. The second kappa shape index (κ2) is 8.50. The van der Waals surface area contributed by atoms with Crippen LogP contribution in [0.2, 0.25) is 0 Å². The Morgan fingerprint density at radius 2 is 1.88 bits per heavy atom. The standard InChI is InChI=1S/C18H34N4O2/c1-21-16-4-3-5-17(21)13-14(12-16)20-18(23)19-8-9-22(10-11-24-2)15-6-7-15/h14-17H,3-13H2,1-2H3,(H2,19,20,23)/t14?,16-,17+. The van der Waals surface area contributed by atoms with Gasteiger partial charge in [-0.2, -0.15) is 0 Å². The van der Waals surface area contributed by atoms with Gasteiger partial charge in [0.25, 0.3) is 0 Å². The monoisotopic (exact) mass is 338 g/mol. The molecule has 2 N–H and O–H groups in total. The summed E-state index contributed by atoms with van der Waals surface area (Å²) in [6.45, 7) is 3.36. The molecule has 1 aliphatic carbocycles. The van der Waals surface area contributed by atoms with Crippen LogP contribution in [0.3, 0.4) is 0 Å². The van der Waals surface area contributed by atoms with Gasteiger partial charge in [0.2, 0.25) is 0 Å². The van der Waals surface area contributed by atoms with Gasteiger partial charge in [-0.25, -0.2) is 4.79 Å². The minimum absolute atomic E-state index is 0.00474. The molecule has 0 aromatic rings. The zero-order valence-corrected chi connectivity index (χ0v) is 15.3. The quantitative estimate of drug-likeness (QED) is 0.703. The number of nitrogens with zero attached hydrogens (tertiary/aromatic N) is 2. The third-order valence-electron chi connectivity index (χ3n) is 6.01. The van der Waals surface area contributed by atoms with Gasteiger partial charge in [-0.15, -0.1) is 0 Å². The van der Waals surface area contributed by atoms with Gasteiger partial charge in [-0.1, -0.05) is 6.42 Å². The van der Waals surface area contributed by atoms with Gasteiger partial charge in [0.15, 0.2) is 0 Å². The van der Waals surface area contributed by atoms with E-state index in [4.69, 9.17) is 4.74 Å². The SMILES string of the molecule is COCCN(CCNC(=O)NC1C[C@H]2CCC[C@@H](C1)N2C)C1CC1. The maximum Gasteiger partial charge on any atom is 0.315 e. The lowest BCUT2D eigenvalue weighted by molar-refractivity contribution is 0.0509. The zero-order chi connectivity index (χ0) is 16.9. The van der Waals surface area contributed by atoms with Crippen molar-refractivity contribution in [3.63, 3.8) is 0 Å². The highest BCUT2D eigenvalue weighted by Gasteiger charge is 2.36. The summed E-state index contributed by atoms with van der Waals surface area (Å²) in [5, 5.41) is 6.26. The molecule has 3 aliphatic rings. The van der Waals surface area contributed by atoms with Gasteiger partial charge in [0.05, 0.1) is 6.61 Å². The predicted octanol–water partition coefficient (Wildman–Crippen LogP) is 1.41. The van der Waals surface area contributed by atoms with Crippen molar-refractivity contribution in [3.8, 4) is 0 Å². The Labute approximate surface area is 146 Å². The summed E-state index contributed by atoms with van der Waals surface area (Å²) < 4.78 is 5.18. The third-order valence-corrected chi connectivity index (χ3v) is 6.01. The second-order valence-electron chi connectivity index (χ2n) is 7.73. The van der Waals surface area contributed by atoms with E-state index >= 15 is 0 Å². The van der Waals surface area contributed by atoms with Gasteiger partial charge in [0.1, 0.15) is 0 Å². The first kappa shape index (κ1) is 18.0. The van der Waals surface area contributed by atoms with Crippen LogP contribution in [0.15, 0.2) is 0 Å². The Morgan fingerprint density at radius 1 is 1.17 bits per heavy atom. The van der Waals surface area contributed by atoms with Gasteiger partial charge in [-0.05, 0) is 45.6 Å². The number of methoxy groups -OCH3 is 1. The molecule has 0 spiro atoms. The average Bonchev–Trinajstić information content (AvgIpc) is 3.36. The van der Waals surface area contributed by atoms with Crippen molar-refractivity contribution in [2.75, 3.05) is 40.4 Å². The molecule has 0 aromatic heterocycles. The minimum atomic E-state index is 0.00474. The summed E-state index contributed by atoms with van der Waals surface area (Å²) in [5.41, 5.74) is 0. The van der Waals surface area contributed by atoms with Crippen LogP contribution < -0.4 is 10.6 Å². The molecule has 3 rings (SSSR count). The lowest BCUT2D eigenvalue weighted by Gasteiger charge is -2.47. The van der Waals surface area contributed by atoms with Gasteiger partial charge >= 0.3 is 6.03 Å². The van der Waals surface area contributed by atoms with Crippen LogP contribution in [0.25, 0.3) is 0 Å². The number of urea groups is 1. The molecule has 2 aliphatic heterocycles. The Bertz CT molecular complexity index is 402. The van der Waals surface area contributed by atoms with E-state index < -0.39 is 0 Å². The highest BCUT2D eigenvalue weighted by Crippen LogP contribution is 2.32. The molecule has 6 nitrogen and oxygen atoms in total. The molecule has 2 amide bonds. The van der Waals surface area contributed by atoms with Crippen LogP contribution in [0.5, 0.6) is 0 Å². The number of nitrogens with one attached hydrogen (secondary N) is 2. The predicted molar refractivity (Wildman–Crippen MR) is 95.2 cm³/mol. The third kappa shape index (κ3) is 4.83. The molecule has 6 heteroatoms. The summed E-state index contributed by atoms with van der Waals surface area (Å²) in [7, 11) is 3.99. The lowest BCUT2D eigenvalue weighted by atomic mass is 9.82. The average molecular weight is 338 g/mol. The zero-order valence-electron chi connectivity index (χ0n) is 15.3. The maximum atomic E-state index is 12.2. The highest BCUT2D eigenvalue weighted by molar-refractivity contribution is 5.74. The van der Waals surface area contributed by atoms with Gasteiger partial charge in [0, 0.05) is 50.9 Å². The summed E-state index contributed by atoms with van der Waals surface area (Å²) in [5.74, 6) is 0. The van der Waals surface area contributed by atoms with E-state index in [1.165, 1.54) is 32.1 Å². The van der Waals surface area contributed by atoms with Crippen LogP contribution in [0.4, 0.5) is 4.79 Å². The van der Waals surface area contributed by atoms with Gasteiger partial charge < -0.3 is 20.3 Å². The van der Waals surface area contributed by atoms with Crippen molar-refractivity contribution in [3.05, 3.63) is 0 Å². The number of ether oxygens (including phenoxy) is 1. The van der Waals surface area contributed by atoms with Crippen molar-refractivity contribution in [1.29, 1.82) is 0 Å². The lowest BCUT2D eigenvalue weighted by Crippen LogP contribution is -2.56. The number of rotatable bonds is 8. The van der Waals surface area contributed by atoms with Crippen LogP contribution in [-0.4, -0.2) is 80.4 Å². The molecular weight excluding hydrogens is 304 g/mol. The van der Waals surface area contributed by atoms with Crippen molar-refractivity contribution in [1.82, 2.24) is 20.4 Å². The number of hydrogen-bond acceptors (Lipinski definition) is 4. The molecule has 24 heavy (non-hydrogen) atoms. The number of hydrogen-bond donors (Lipinski definition) is 2. The Morgan fingerprint density at radius 3 is 2.50 bits per heavy atom. The van der Waals surface area contributed by atoms with E-state index in [0.717, 1.165) is 32.5 Å². The first-order chi connectivity index (χ1) is 11.7. The van der Waals surface area contributed by atoms with Gasteiger partial charge in [-0.3, -0.25) is 4.90 Å². The van der Waals surface area contributed by atoms with Crippen molar-refractivity contribution >= 4 is 6.03 Å². The Hall–Kier alpha value is -0.850. The van der Waals surface area contributed by atoms with Crippen LogP contribution in [0.1, 0.15) is 44.9 Å². The van der Waals surface area contributed by atoms with Crippen LogP contribution >= 0.6 is 0 Å². The van der Waals surface area contributed by atoms with E-state index in [2.05, 4.69) is 27.5 Å².